The molecule has 0 aromatic carbocycles. The molecule has 0 amide bonds. The maximum absolute atomic E-state index is 2.67. The van der Waals surface area contributed by atoms with Gasteiger partial charge in [-0.1, -0.05) is 124 Å². The van der Waals surface area contributed by atoms with Gasteiger partial charge in [0.2, 0.25) is 0 Å². The molecule has 0 saturated heterocycles. The van der Waals surface area contributed by atoms with Crippen LogP contribution in [0.25, 0.3) is 0 Å². The van der Waals surface area contributed by atoms with E-state index in [0.717, 1.165) is 0 Å². The summed E-state index contributed by atoms with van der Waals surface area (Å²) in [4.78, 5) is 5.35. The van der Waals surface area contributed by atoms with Crippen LogP contribution in [0, 0.1) is 0 Å². The van der Waals surface area contributed by atoms with E-state index in [1.54, 1.807) is 0 Å². The molecule has 0 atom stereocenters. The predicted molar refractivity (Wildman–Crippen MR) is 136 cm³/mol. The van der Waals surface area contributed by atoms with Gasteiger partial charge in [-0.25, -0.2) is 0 Å². The van der Waals surface area contributed by atoms with Gasteiger partial charge in [0, 0.05) is 25.5 Å². The second kappa shape index (κ2) is 20.3. The van der Waals surface area contributed by atoms with Crippen molar-refractivity contribution < 1.29 is 0 Å². The van der Waals surface area contributed by atoms with E-state index >= 15 is 0 Å². The maximum Gasteiger partial charge on any atom is 0.101 e. The molecule has 1 aliphatic heterocycles. The Kier molecular flexibility index (Phi) is 18.5. The van der Waals surface area contributed by atoms with Crippen LogP contribution in [0.4, 0.5) is 0 Å². The second-order valence-electron chi connectivity index (χ2n) is 9.70. The van der Waals surface area contributed by atoms with Gasteiger partial charge >= 0.3 is 0 Å². The first-order valence-electron chi connectivity index (χ1n) is 14.0. The molecule has 2 nitrogen and oxygen atoms in total. The molecular weight excluding hydrogens is 364 g/mol. The lowest BCUT2D eigenvalue weighted by atomic mass is 10.1. The Balaban J connectivity index is 2.28. The monoisotopic (exact) mass is 420 g/mol. The summed E-state index contributed by atoms with van der Waals surface area (Å²) in [6.45, 7) is 9.45. The molecule has 0 aliphatic carbocycles. The van der Waals surface area contributed by atoms with Gasteiger partial charge in [-0.2, -0.15) is 0 Å². The number of hydrogen-bond acceptors (Lipinski definition) is 2. The van der Waals surface area contributed by atoms with Crippen LogP contribution < -0.4 is 0 Å². The predicted octanol–water partition coefficient (Wildman–Crippen LogP) is 9.26. The van der Waals surface area contributed by atoms with Crippen LogP contribution in [0.2, 0.25) is 0 Å². The average molecular weight is 421 g/mol. The van der Waals surface area contributed by atoms with Crippen molar-refractivity contribution in [1.82, 2.24) is 9.80 Å². The quantitative estimate of drug-likeness (QED) is 0.161. The molecule has 30 heavy (non-hydrogen) atoms. The molecule has 0 bridgehead atoms. The third-order valence-electron chi connectivity index (χ3n) is 6.82. The van der Waals surface area contributed by atoms with Gasteiger partial charge in [0.05, 0.1) is 0 Å². The Morgan fingerprint density at radius 1 is 0.433 bits per heavy atom. The van der Waals surface area contributed by atoms with Gasteiger partial charge in [-0.05, 0) is 25.7 Å². The van der Waals surface area contributed by atoms with Gasteiger partial charge < -0.3 is 9.80 Å². The Hall–Kier alpha value is -0.660. The van der Waals surface area contributed by atoms with E-state index in [4.69, 9.17) is 0 Å². The molecule has 2 heteroatoms. The smallest absolute Gasteiger partial charge is 0.101 e. The van der Waals surface area contributed by atoms with Crippen molar-refractivity contribution >= 4 is 0 Å². The topological polar surface area (TPSA) is 6.48 Å². The highest BCUT2D eigenvalue weighted by Crippen LogP contribution is 2.23. The summed E-state index contributed by atoms with van der Waals surface area (Å²) in [5, 5.41) is 0. The van der Waals surface area contributed by atoms with Crippen molar-refractivity contribution in [2.45, 2.75) is 155 Å². The van der Waals surface area contributed by atoms with Crippen molar-refractivity contribution in [2.24, 2.45) is 0 Å². The highest BCUT2D eigenvalue weighted by Gasteiger charge is 2.24. The Bertz CT molecular complexity index is 351. The first kappa shape index (κ1) is 27.4. The normalized spacial score (nSPS) is 14.4. The SMILES string of the molecule is CCCCCCCCCN1C=CN(CCCCCCCCC)C1CCCCCCC. The fourth-order valence-electron chi connectivity index (χ4n) is 4.77. The Labute approximate surface area is 190 Å². The summed E-state index contributed by atoms with van der Waals surface area (Å²) in [5.41, 5.74) is 0. The molecular formula is C28H56N2. The minimum atomic E-state index is 0.645. The number of rotatable bonds is 22. The molecule has 0 spiro atoms. The zero-order chi connectivity index (χ0) is 21.7. The standard InChI is InChI=1S/C28H56N2/c1-4-7-10-13-15-18-21-24-29-26-27-30(25-22-19-16-14-11-8-5-2)28(29)23-20-17-12-9-6-3/h26-28H,4-25H2,1-3H3. The first-order chi connectivity index (χ1) is 14.8. The lowest BCUT2D eigenvalue weighted by Crippen LogP contribution is -2.39. The van der Waals surface area contributed by atoms with Crippen LogP contribution in [-0.4, -0.2) is 29.1 Å². The van der Waals surface area contributed by atoms with Gasteiger partial charge in [0.15, 0.2) is 0 Å². The van der Waals surface area contributed by atoms with Crippen molar-refractivity contribution in [3.63, 3.8) is 0 Å². The lowest BCUT2D eigenvalue weighted by molar-refractivity contribution is 0.135. The van der Waals surface area contributed by atoms with Crippen LogP contribution in [-0.2, 0) is 0 Å². The van der Waals surface area contributed by atoms with Crippen molar-refractivity contribution in [1.29, 1.82) is 0 Å². The number of nitrogens with zero attached hydrogens (tertiary/aromatic N) is 2. The third kappa shape index (κ3) is 13.6. The van der Waals surface area contributed by atoms with Gasteiger partial charge in [-0.15, -0.1) is 0 Å². The van der Waals surface area contributed by atoms with Gasteiger partial charge in [0.25, 0.3) is 0 Å². The van der Waals surface area contributed by atoms with Crippen molar-refractivity contribution in [2.75, 3.05) is 13.1 Å². The van der Waals surface area contributed by atoms with Crippen LogP contribution in [0.3, 0.4) is 0 Å². The van der Waals surface area contributed by atoms with Crippen molar-refractivity contribution in [3.8, 4) is 0 Å². The zero-order valence-electron chi connectivity index (χ0n) is 21.2. The third-order valence-corrected chi connectivity index (χ3v) is 6.82. The molecule has 1 heterocycles. The molecule has 1 rings (SSSR count). The Morgan fingerprint density at radius 2 is 0.767 bits per heavy atom. The summed E-state index contributed by atoms with van der Waals surface area (Å²) in [7, 11) is 0. The lowest BCUT2D eigenvalue weighted by Gasteiger charge is -2.33. The number of unbranched alkanes of at least 4 members (excludes halogenated alkanes) is 16. The fraction of sp³-hybridized carbons (Fsp3) is 0.929. The zero-order valence-corrected chi connectivity index (χ0v) is 21.2. The molecule has 0 N–H and O–H groups in total. The largest absolute Gasteiger partial charge is 0.356 e. The van der Waals surface area contributed by atoms with Crippen LogP contribution in [0.1, 0.15) is 149 Å². The summed E-state index contributed by atoms with van der Waals surface area (Å²) in [6, 6.07) is 0. The minimum absolute atomic E-state index is 0.645. The van der Waals surface area contributed by atoms with Gasteiger partial charge in [0.1, 0.15) is 6.17 Å². The van der Waals surface area contributed by atoms with Crippen molar-refractivity contribution in [3.05, 3.63) is 12.4 Å². The van der Waals surface area contributed by atoms with E-state index in [1.165, 1.54) is 142 Å². The molecule has 1 aliphatic rings. The molecule has 0 saturated carbocycles. The van der Waals surface area contributed by atoms with Crippen LogP contribution in [0.15, 0.2) is 12.4 Å². The van der Waals surface area contributed by atoms with E-state index in [9.17, 15) is 0 Å². The minimum Gasteiger partial charge on any atom is -0.356 e. The average Bonchev–Trinajstić information content (AvgIpc) is 3.14. The molecule has 0 fully saturated rings. The molecule has 0 aromatic heterocycles. The molecule has 178 valence electrons. The van der Waals surface area contributed by atoms with E-state index in [0.29, 0.717) is 6.17 Å². The van der Waals surface area contributed by atoms with E-state index in [1.807, 2.05) is 0 Å². The molecule has 0 radical (unpaired) electrons. The second-order valence-corrected chi connectivity index (χ2v) is 9.70. The van der Waals surface area contributed by atoms with Crippen LogP contribution >= 0.6 is 0 Å². The highest BCUT2D eigenvalue weighted by molar-refractivity contribution is 4.97. The number of hydrogen-bond donors (Lipinski definition) is 0. The maximum atomic E-state index is 2.67. The summed E-state index contributed by atoms with van der Waals surface area (Å²) < 4.78 is 0. The highest BCUT2D eigenvalue weighted by atomic mass is 15.4. The molecule has 0 aromatic rings. The van der Waals surface area contributed by atoms with E-state index in [2.05, 4.69) is 43.0 Å². The summed E-state index contributed by atoms with van der Waals surface area (Å²) in [6.07, 6.45) is 33.5. The van der Waals surface area contributed by atoms with E-state index in [-0.39, 0.29) is 0 Å². The van der Waals surface area contributed by atoms with Gasteiger partial charge in [-0.3, -0.25) is 0 Å². The fourth-order valence-corrected chi connectivity index (χ4v) is 4.77. The first-order valence-corrected chi connectivity index (χ1v) is 14.0. The Morgan fingerprint density at radius 3 is 1.17 bits per heavy atom. The summed E-state index contributed by atoms with van der Waals surface area (Å²) >= 11 is 0. The van der Waals surface area contributed by atoms with Crippen LogP contribution in [0.5, 0.6) is 0 Å². The summed E-state index contributed by atoms with van der Waals surface area (Å²) in [5.74, 6) is 0. The molecule has 0 unspecified atom stereocenters. The van der Waals surface area contributed by atoms with E-state index < -0.39 is 0 Å².